The van der Waals surface area contributed by atoms with Crippen LogP contribution in [0.1, 0.15) is 31.0 Å². The summed E-state index contributed by atoms with van der Waals surface area (Å²) < 4.78 is 34.8. The fourth-order valence-electron chi connectivity index (χ4n) is 4.29. The smallest absolute Gasteiger partial charge is 0.343 e. The molecule has 0 spiro atoms. The Kier molecular flexibility index (Phi) is 10.3. The number of nitrogens with zero attached hydrogens (tertiary/aromatic N) is 2. The number of ether oxygens (including phenoxy) is 6. The van der Waals surface area contributed by atoms with E-state index >= 15 is 0 Å². The normalized spacial score (nSPS) is 14.3. The molecule has 0 N–H and O–H groups in total. The van der Waals surface area contributed by atoms with Gasteiger partial charge in [-0.15, -0.1) is 0 Å². The van der Waals surface area contributed by atoms with E-state index in [1.165, 1.54) is 43.4 Å². The van der Waals surface area contributed by atoms with Gasteiger partial charge in [-0.05, 0) is 77.9 Å². The quantitative estimate of drug-likeness (QED) is 0.219. The minimum absolute atomic E-state index is 0.200. The lowest BCUT2D eigenvalue weighted by atomic mass is 9.97. The van der Waals surface area contributed by atoms with E-state index in [4.69, 9.17) is 23.7 Å². The van der Waals surface area contributed by atoms with E-state index in [1.807, 2.05) is 13.8 Å². The van der Waals surface area contributed by atoms with Gasteiger partial charge in [-0.2, -0.15) is 0 Å². The summed E-state index contributed by atoms with van der Waals surface area (Å²) in [6.45, 7) is 4.31. The Morgan fingerprint density at radius 1 is 1.00 bits per heavy atom. The van der Waals surface area contributed by atoms with Crippen LogP contribution in [0.4, 0.5) is 0 Å². The van der Waals surface area contributed by atoms with E-state index in [1.54, 1.807) is 36.4 Å². The molecule has 222 valence electrons. The van der Waals surface area contributed by atoms with Crippen LogP contribution in [0.25, 0.3) is 6.08 Å². The van der Waals surface area contributed by atoms with E-state index in [9.17, 15) is 14.4 Å². The zero-order chi connectivity index (χ0) is 30.4. The Morgan fingerprint density at radius 2 is 1.74 bits per heavy atom. The van der Waals surface area contributed by atoms with Gasteiger partial charge in [0.2, 0.25) is 0 Å². The van der Waals surface area contributed by atoms with Crippen LogP contribution in [0.2, 0.25) is 0 Å². The maximum atomic E-state index is 13.9. The lowest BCUT2D eigenvalue weighted by Crippen LogP contribution is -2.39. The molecule has 0 unspecified atom stereocenters. The molecular weight excluding hydrogens is 679 g/mol. The predicted molar refractivity (Wildman–Crippen MR) is 163 cm³/mol. The van der Waals surface area contributed by atoms with E-state index in [-0.39, 0.29) is 17.7 Å². The number of hydrogen-bond donors (Lipinski definition) is 0. The summed E-state index contributed by atoms with van der Waals surface area (Å²) in [4.78, 5) is 43.1. The summed E-state index contributed by atoms with van der Waals surface area (Å²) in [7, 11) is 4.04. The minimum Gasteiger partial charge on any atom is -0.493 e. The molecule has 11 nitrogen and oxygen atoms in total. The molecule has 2 heterocycles. The van der Waals surface area contributed by atoms with Crippen LogP contribution >= 0.6 is 33.9 Å². The van der Waals surface area contributed by atoms with Gasteiger partial charge in [0.15, 0.2) is 34.4 Å². The van der Waals surface area contributed by atoms with Gasteiger partial charge in [-0.25, -0.2) is 14.6 Å². The Hall–Kier alpha value is -3.85. The Bertz CT molecular complexity index is 1710. The molecule has 1 aliphatic rings. The minimum atomic E-state index is -0.811. The zero-order valence-corrected chi connectivity index (χ0v) is 26.6. The second-order valence-electron chi connectivity index (χ2n) is 8.65. The summed E-state index contributed by atoms with van der Waals surface area (Å²) in [5.74, 6) is 0.684. The van der Waals surface area contributed by atoms with E-state index < -0.39 is 18.0 Å². The highest BCUT2D eigenvalue weighted by Gasteiger charge is 2.31. The van der Waals surface area contributed by atoms with Crippen LogP contribution in [0.5, 0.6) is 23.0 Å². The SMILES string of the molecule is CCOc1ccc([C@@H]2C(C(=O)OC)=CN=c3s/c(=C\c4cc(I)c(OCC(=O)OC)c(OC)c4)c(=O)n32)cc1OCC. The number of fused-ring (bicyclic) bond motifs is 1. The van der Waals surface area contributed by atoms with Crippen molar-refractivity contribution in [2.45, 2.75) is 19.9 Å². The average Bonchev–Trinajstić information content (AvgIpc) is 3.30. The first-order valence-corrected chi connectivity index (χ1v) is 14.7. The molecule has 1 aromatic heterocycles. The standard InChI is InChI=1S/C29H29IN2O9S/c1-6-39-20-9-8-17(13-21(20)40-7-2)25-18(28(35)38-5)14-31-29-32(25)27(34)23(42-29)12-16-10-19(30)26(22(11-16)36-3)41-15-24(33)37-4/h8-14,25H,6-7,15H2,1-5H3/b23-12-/t25-/m1/s1. The highest BCUT2D eigenvalue weighted by Crippen LogP contribution is 2.36. The highest BCUT2D eigenvalue weighted by molar-refractivity contribution is 14.1. The number of benzene rings is 2. The monoisotopic (exact) mass is 708 g/mol. The fraction of sp³-hybridized carbons (Fsp3) is 0.310. The van der Waals surface area contributed by atoms with Crippen molar-refractivity contribution in [3.8, 4) is 23.0 Å². The highest BCUT2D eigenvalue weighted by atomic mass is 127. The second-order valence-corrected chi connectivity index (χ2v) is 10.8. The number of hydrogen-bond acceptors (Lipinski definition) is 11. The summed E-state index contributed by atoms with van der Waals surface area (Å²) in [6, 6.07) is 8.00. The van der Waals surface area contributed by atoms with Crippen LogP contribution in [-0.4, -0.2) is 57.7 Å². The summed E-state index contributed by atoms with van der Waals surface area (Å²) in [6.07, 6.45) is 3.14. The number of carbonyl (C=O) groups excluding carboxylic acids is 2. The molecule has 2 aromatic carbocycles. The van der Waals surface area contributed by atoms with Crippen molar-refractivity contribution in [1.29, 1.82) is 0 Å². The molecule has 0 amide bonds. The lowest BCUT2D eigenvalue weighted by Gasteiger charge is -2.23. The maximum absolute atomic E-state index is 13.9. The summed E-state index contributed by atoms with van der Waals surface area (Å²) in [5, 5.41) is 0. The second kappa shape index (κ2) is 13.9. The largest absolute Gasteiger partial charge is 0.493 e. The average molecular weight is 709 g/mol. The number of halogens is 1. The molecule has 0 saturated heterocycles. The molecule has 3 aromatic rings. The number of rotatable bonds is 11. The predicted octanol–water partition coefficient (Wildman–Crippen LogP) is 2.98. The third kappa shape index (κ3) is 6.46. The molecule has 0 saturated carbocycles. The third-order valence-electron chi connectivity index (χ3n) is 6.12. The van der Waals surface area contributed by atoms with Gasteiger partial charge in [0, 0.05) is 6.20 Å². The number of methoxy groups -OCH3 is 3. The van der Waals surface area contributed by atoms with Crippen molar-refractivity contribution in [3.63, 3.8) is 0 Å². The van der Waals surface area contributed by atoms with Crippen LogP contribution in [-0.2, 0) is 19.1 Å². The Balaban J connectivity index is 1.84. The Morgan fingerprint density at radius 3 is 2.40 bits per heavy atom. The van der Waals surface area contributed by atoms with Crippen LogP contribution in [0.3, 0.4) is 0 Å². The topological polar surface area (TPSA) is 124 Å². The van der Waals surface area contributed by atoms with Gasteiger partial charge in [0.1, 0.15) is 0 Å². The van der Waals surface area contributed by atoms with Crippen LogP contribution in [0.15, 0.2) is 51.9 Å². The van der Waals surface area contributed by atoms with Crippen molar-refractivity contribution in [2.75, 3.05) is 41.2 Å². The van der Waals surface area contributed by atoms with Crippen molar-refractivity contribution >= 4 is 51.9 Å². The van der Waals surface area contributed by atoms with Crippen molar-refractivity contribution in [2.24, 2.45) is 4.99 Å². The maximum Gasteiger partial charge on any atom is 0.343 e. The number of carbonyl (C=O) groups is 2. The van der Waals surface area contributed by atoms with Gasteiger partial charge < -0.3 is 28.4 Å². The fourth-order valence-corrected chi connectivity index (χ4v) is 6.04. The number of aromatic nitrogens is 1. The molecule has 13 heteroatoms. The molecule has 0 aliphatic carbocycles. The van der Waals surface area contributed by atoms with Gasteiger partial charge in [0.25, 0.3) is 5.56 Å². The molecule has 4 rings (SSSR count). The number of thiazole rings is 1. The molecular formula is C29H29IN2O9S. The molecule has 1 atom stereocenters. The first kappa shape index (κ1) is 31.1. The summed E-state index contributed by atoms with van der Waals surface area (Å²) in [5.41, 5.74) is 1.15. The third-order valence-corrected chi connectivity index (χ3v) is 7.92. The van der Waals surface area contributed by atoms with Gasteiger partial charge in [0.05, 0.1) is 54.3 Å². The first-order chi connectivity index (χ1) is 20.3. The van der Waals surface area contributed by atoms with E-state index in [2.05, 4.69) is 32.3 Å². The van der Waals surface area contributed by atoms with Gasteiger partial charge in [-0.3, -0.25) is 9.36 Å². The van der Waals surface area contributed by atoms with E-state index in [0.29, 0.717) is 60.2 Å². The van der Waals surface area contributed by atoms with Crippen LogP contribution in [0, 0.1) is 3.57 Å². The Labute approximate surface area is 259 Å². The molecule has 0 bridgehead atoms. The molecule has 42 heavy (non-hydrogen) atoms. The molecule has 1 aliphatic heterocycles. The van der Waals surface area contributed by atoms with Gasteiger partial charge in [-0.1, -0.05) is 17.4 Å². The molecule has 0 radical (unpaired) electrons. The summed E-state index contributed by atoms with van der Waals surface area (Å²) >= 11 is 3.25. The van der Waals surface area contributed by atoms with E-state index in [0.717, 1.165) is 0 Å². The first-order valence-electron chi connectivity index (χ1n) is 12.8. The van der Waals surface area contributed by atoms with Crippen molar-refractivity contribution in [3.05, 3.63) is 76.5 Å². The lowest BCUT2D eigenvalue weighted by molar-refractivity contribution is -0.143. The van der Waals surface area contributed by atoms with Crippen molar-refractivity contribution < 1.29 is 38.0 Å². The number of esters is 2. The zero-order valence-electron chi connectivity index (χ0n) is 23.6. The van der Waals surface area contributed by atoms with Gasteiger partial charge >= 0.3 is 11.9 Å². The molecule has 0 fully saturated rings. The van der Waals surface area contributed by atoms with Crippen LogP contribution < -0.4 is 33.8 Å². The van der Waals surface area contributed by atoms with Crippen molar-refractivity contribution in [1.82, 2.24) is 4.57 Å².